The largest absolute Gasteiger partial charge is 0.444 e. The van der Waals surface area contributed by atoms with Crippen LogP contribution in [0.3, 0.4) is 0 Å². The summed E-state index contributed by atoms with van der Waals surface area (Å²) in [5.41, 5.74) is 2.11. The van der Waals surface area contributed by atoms with Crippen LogP contribution in [-0.2, 0) is 11.3 Å². The lowest BCUT2D eigenvalue weighted by Gasteiger charge is -2.41. The molecule has 2 aromatic rings. The number of alkyl halides is 1. The maximum Gasteiger partial charge on any atom is 0.410 e. The summed E-state index contributed by atoms with van der Waals surface area (Å²) in [6, 6.07) is 5.04. The van der Waals surface area contributed by atoms with Crippen molar-refractivity contribution < 1.29 is 28.2 Å². The normalized spacial score (nSPS) is 21.3. The van der Waals surface area contributed by atoms with E-state index in [1.165, 1.54) is 29.2 Å². The number of nitrogens with zero attached hydrogens (tertiary/aromatic N) is 3. The Morgan fingerprint density at radius 2 is 2.00 bits per heavy atom. The zero-order chi connectivity index (χ0) is 23.7. The molecule has 1 aromatic carbocycles. The van der Waals surface area contributed by atoms with Crippen LogP contribution in [0.5, 0.6) is 11.6 Å². The quantitative estimate of drug-likeness (QED) is 0.731. The SMILES string of the molecule is CC(C)(C)OC(=O)N1CC[C@@](O)(Cn2cnc(Oc3ccc(F)cc3)c(N)c2=O)[C@@H](F)C1. The summed E-state index contributed by atoms with van der Waals surface area (Å²) >= 11 is 0. The molecule has 0 unspecified atom stereocenters. The second kappa shape index (κ2) is 8.73. The van der Waals surface area contributed by atoms with Crippen molar-refractivity contribution in [2.24, 2.45) is 0 Å². The number of aliphatic hydroxyl groups is 1. The molecule has 1 aliphatic heterocycles. The van der Waals surface area contributed by atoms with Gasteiger partial charge >= 0.3 is 6.09 Å². The molecule has 0 saturated carbocycles. The number of hydrogen-bond donors (Lipinski definition) is 2. The van der Waals surface area contributed by atoms with Crippen molar-refractivity contribution in [2.75, 3.05) is 18.8 Å². The van der Waals surface area contributed by atoms with E-state index in [0.717, 1.165) is 10.9 Å². The number of piperidine rings is 1. The highest BCUT2D eigenvalue weighted by Crippen LogP contribution is 2.29. The number of amides is 1. The molecular weight excluding hydrogens is 426 g/mol. The van der Waals surface area contributed by atoms with Gasteiger partial charge in [0.2, 0.25) is 5.88 Å². The number of benzene rings is 1. The Bertz CT molecular complexity index is 1040. The highest BCUT2D eigenvalue weighted by molar-refractivity contribution is 5.68. The molecule has 0 spiro atoms. The standard InChI is InChI=1S/C21H26F2N4O5/c1-20(2,3)32-19(29)26-9-8-21(30,15(23)10-26)11-27-12-25-17(16(24)18(27)28)31-14-6-4-13(22)5-7-14/h4-7,12,15,30H,8-11,24H2,1-3H3/t15-,21+/m0/s1. The van der Waals surface area contributed by atoms with Crippen molar-refractivity contribution in [2.45, 2.75) is 51.1 Å². The van der Waals surface area contributed by atoms with Gasteiger partial charge in [0.25, 0.3) is 5.56 Å². The number of likely N-dealkylation sites (tertiary alicyclic amines) is 1. The highest BCUT2D eigenvalue weighted by atomic mass is 19.1. The average Bonchev–Trinajstić information content (AvgIpc) is 2.70. The lowest BCUT2D eigenvalue weighted by Crippen LogP contribution is -2.58. The minimum Gasteiger partial charge on any atom is -0.444 e. The van der Waals surface area contributed by atoms with E-state index in [1.807, 2.05) is 0 Å². The Morgan fingerprint density at radius 1 is 1.34 bits per heavy atom. The van der Waals surface area contributed by atoms with Crippen molar-refractivity contribution >= 4 is 11.8 Å². The molecule has 32 heavy (non-hydrogen) atoms. The first-order chi connectivity index (χ1) is 14.9. The Hall–Kier alpha value is -3.21. The molecule has 1 fully saturated rings. The zero-order valence-electron chi connectivity index (χ0n) is 18.0. The van der Waals surface area contributed by atoms with Gasteiger partial charge in [-0.3, -0.25) is 9.36 Å². The van der Waals surface area contributed by atoms with Crippen LogP contribution in [0.1, 0.15) is 27.2 Å². The Balaban J connectivity index is 1.71. The van der Waals surface area contributed by atoms with Gasteiger partial charge in [0.05, 0.1) is 13.1 Å². The summed E-state index contributed by atoms with van der Waals surface area (Å²) < 4.78 is 39.5. The molecule has 2 heterocycles. The third kappa shape index (κ3) is 5.34. The van der Waals surface area contributed by atoms with Crippen LogP contribution >= 0.6 is 0 Å². The van der Waals surface area contributed by atoms with Gasteiger partial charge in [-0.15, -0.1) is 0 Å². The van der Waals surface area contributed by atoms with Crippen molar-refractivity contribution in [1.82, 2.24) is 14.5 Å². The molecule has 174 valence electrons. The molecular formula is C21H26F2N4O5. The van der Waals surface area contributed by atoms with E-state index in [0.29, 0.717) is 0 Å². The lowest BCUT2D eigenvalue weighted by molar-refractivity contribution is -0.0952. The Kier molecular flexibility index (Phi) is 6.40. The third-order valence-electron chi connectivity index (χ3n) is 4.94. The fourth-order valence-corrected chi connectivity index (χ4v) is 3.20. The van der Waals surface area contributed by atoms with E-state index in [4.69, 9.17) is 15.2 Å². The zero-order valence-corrected chi connectivity index (χ0v) is 18.0. The minimum absolute atomic E-state index is 0.0508. The third-order valence-corrected chi connectivity index (χ3v) is 4.94. The molecule has 1 saturated heterocycles. The van der Waals surface area contributed by atoms with E-state index in [2.05, 4.69) is 4.98 Å². The van der Waals surface area contributed by atoms with E-state index in [9.17, 15) is 23.5 Å². The second-order valence-corrected chi connectivity index (χ2v) is 8.70. The maximum atomic E-state index is 14.9. The van der Waals surface area contributed by atoms with Gasteiger partial charge < -0.3 is 25.2 Å². The molecule has 0 aliphatic carbocycles. The first-order valence-electron chi connectivity index (χ1n) is 10.0. The molecule has 1 amide bonds. The van der Waals surface area contributed by atoms with Gasteiger partial charge in [-0.1, -0.05) is 0 Å². The molecule has 9 nitrogen and oxygen atoms in total. The number of aromatic nitrogens is 2. The van der Waals surface area contributed by atoms with E-state index >= 15 is 0 Å². The van der Waals surface area contributed by atoms with Crippen molar-refractivity contribution in [3.8, 4) is 11.6 Å². The van der Waals surface area contributed by atoms with Crippen molar-refractivity contribution in [3.63, 3.8) is 0 Å². The number of rotatable bonds is 4. The summed E-state index contributed by atoms with van der Waals surface area (Å²) in [5, 5.41) is 10.8. The average molecular weight is 452 g/mol. The first-order valence-corrected chi connectivity index (χ1v) is 10.0. The first kappa shape index (κ1) is 23.5. The smallest absolute Gasteiger partial charge is 0.410 e. The molecule has 3 N–H and O–H groups in total. The number of carbonyl (C=O) groups is 1. The van der Waals surface area contributed by atoms with Crippen LogP contribution in [0.15, 0.2) is 35.4 Å². The molecule has 3 rings (SSSR count). The molecule has 1 aliphatic rings. The predicted molar refractivity (Wildman–Crippen MR) is 112 cm³/mol. The summed E-state index contributed by atoms with van der Waals surface area (Å²) in [4.78, 5) is 29.9. The highest BCUT2D eigenvalue weighted by Gasteiger charge is 2.44. The summed E-state index contributed by atoms with van der Waals surface area (Å²) in [5.74, 6) is -0.429. The van der Waals surface area contributed by atoms with E-state index in [1.54, 1.807) is 20.8 Å². The molecule has 1 aromatic heterocycles. The molecule has 0 radical (unpaired) electrons. The van der Waals surface area contributed by atoms with Crippen LogP contribution in [0.4, 0.5) is 19.3 Å². The maximum absolute atomic E-state index is 14.9. The monoisotopic (exact) mass is 452 g/mol. The van der Waals surface area contributed by atoms with Gasteiger partial charge in [0, 0.05) is 6.54 Å². The number of anilines is 1. The van der Waals surface area contributed by atoms with Gasteiger partial charge in [0.15, 0.2) is 5.69 Å². The molecule has 0 bridgehead atoms. The molecule has 2 atom stereocenters. The van der Waals surface area contributed by atoms with Gasteiger partial charge in [-0.05, 0) is 51.5 Å². The van der Waals surface area contributed by atoms with Crippen LogP contribution in [0.25, 0.3) is 0 Å². The number of nitrogen functional groups attached to an aromatic ring is 1. The number of nitrogens with two attached hydrogens (primary N) is 1. The Labute approximate surface area is 183 Å². The van der Waals surface area contributed by atoms with Gasteiger partial charge in [0.1, 0.15) is 35.3 Å². The fraction of sp³-hybridized carbons (Fsp3) is 0.476. The lowest BCUT2D eigenvalue weighted by atomic mass is 9.89. The van der Waals surface area contributed by atoms with Crippen LogP contribution in [0.2, 0.25) is 0 Å². The number of hydrogen-bond acceptors (Lipinski definition) is 7. The minimum atomic E-state index is -1.91. The van der Waals surface area contributed by atoms with E-state index < -0.39 is 41.4 Å². The van der Waals surface area contributed by atoms with Gasteiger partial charge in [-0.2, -0.15) is 0 Å². The van der Waals surface area contributed by atoms with E-state index in [-0.39, 0.29) is 36.8 Å². The Morgan fingerprint density at radius 3 is 2.59 bits per heavy atom. The van der Waals surface area contributed by atoms with Gasteiger partial charge in [-0.25, -0.2) is 18.6 Å². The summed E-state index contributed by atoms with van der Waals surface area (Å²) in [7, 11) is 0. The fourth-order valence-electron chi connectivity index (χ4n) is 3.20. The summed E-state index contributed by atoms with van der Waals surface area (Å²) in [6.07, 6.45) is -1.53. The topological polar surface area (TPSA) is 120 Å². The number of ether oxygens (including phenoxy) is 2. The van der Waals surface area contributed by atoms with Crippen LogP contribution < -0.4 is 16.0 Å². The van der Waals surface area contributed by atoms with Crippen LogP contribution in [-0.4, -0.2) is 56.1 Å². The number of carbonyl (C=O) groups excluding carboxylic acids is 1. The molecule has 11 heteroatoms. The van der Waals surface area contributed by atoms with Crippen molar-refractivity contribution in [3.05, 3.63) is 46.8 Å². The van der Waals surface area contributed by atoms with Crippen LogP contribution in [0, 0.1) is 5.82 Å². The van der Waals surface area contributed by atoms with Crippen molar-refractivity contribution in [1.29, 1.82) is 0 Å². The predicted octanol–water partition coefficient (Wildman–Crippen LogP) is 2.47. The number of halogens is 2. The second-order valence-electron chi connectivity index (χ2n) is 8.70. The summed E-state index contributed by atoms with van der Waals surface area (Å²) in [6.45, 7) is 4.36.